The first-order chi connectivity index (χ1) is 9.07. The second kappa shape index (κ2) is 5.55. The van der Waals surface area contributed by atoms with Crippen LogP contribution in [0.3, 0.4) is 0 Å². The van der Waals surface area contributed by atoms with E-state index >= 15 is 0 Å². The van der Waals surface area contributed by atoms with Gasteiger partial charge in [-0.25, -0.2) is 0 Å². The maximum absolute atomic E-state index is 12.6. The summed E-state index contributed by atoms with van der Waals surface area (Å²) in [5, 5.41) is 0. The summed E-state index contributed by atoms with van der Waals surface area (Å²) in [6, 6.07) is 13.2. The van der Waals surface area contributed by atoms with Crippen LogP contribution in [0.15, 0.2) is 48.5 Å². The standard InChI is InChI=1S/C14H15AsO4/c1-18-13-7-3-11(4-8-13)15(16,17)12-5-9-14(19-2)10-6-12/h3-10H,1-2H3,(H,16,17). The molecule has 0 amide bonds. The van der Waals surface area contributed by atoms with E-state index in [-0.39, 0.29) is 0 Å². The first-order valence-corrected chi connectivity index (χ1v) is 9.18. The van der Waals surface area contributed by atoms with E-state index in [1.807, 2.05) is 0 Å². The Labute approximate surface area is 114 Å². The molecule has 2 aromatic carbocycles. The van der Waals surface area contributed by atoms with E-state index in [0.29, 0.717) is 20.2 Å². The van der Waals surface area contributed by atoms with Crippen molar-refractivity contribution in [2.24, 2.45) is 0 Å². The second-order valence-corrected chi connectivity index (χ2v) is 8.56. The van der Waals surface area contributed by atoms with Crippen LogP contribution in [0.5, 0.6) is 11.5 Å². The fraction of sp³-hybridized carbons (Fsp3) is 0.143. The Morgan fingerprint density at radius 3 is 1.37 bits per heavy atom. The quantitative estimate of drug-likeness (QED) is 0.842. The third kappa shape index (κ3) is 2.86. The minimum absolute atomic E-state index is 0.434. The van der Waals surface area contributed by atoms with Gasteiger partial charge in [0.25, 0.3) is 0 Å². The Kier molecular flexibility index (Phi) is 4.03. The number of hydrogen-bond acceptors (Lipinski definition) is 3. The fourth-order valence-corrected chi connectivity index (χ4v) is 4.66. The molecule has 0 heterocycles. The van der Waals surface area contributed by atoms with Gasteiger partial charge in [-0.3, -0.25) is 0 Å². The van der Waals surface area contributed by atoms with Gasteiger partial charge in [-0.1, -0.05) is 0 Å². The van der Waals surface area contributed by atoms with E-state index in [9.17, 15) is 7.84 Å². The Hall–Kier alpha value is -1.64. The Bertz CT molecular complexity index is 538. The first-order valence-electron chi connectivity index (χ1n) is 5.70. The Morgan fingerprint density at radius 1 is 0.789 bits per heavy atom. The Morgan fingerprint density at radius 2 is 1.11 bits per heavy atom. The molecule has 0 radical (unpaired) electrons. The summed E-state index contributed by atoms with van der Waals surface area (Å²) in [6.07, 6.45) is 0. The number of methoxy groups -OCH3 is 2. The zero-order valence-electron chi connectivity index (χ0n) is 10.7. The molecule has 1 N–H and O–H groups in total. The molecular formula is C14H15AsO4. The molecule has 0 aliphatic carbocycles. The van der Waals surface area contributed by atoms with Gasteiger partial charge in [-0.05, 0) is 0 Å². The van der Waals surface area contributed by atoms with Crippen LogP contribution in [-0.2, 0) is 3.74 Å². The van der Waals surface area contributed by atoms with Crippen LogP contribution in [0.2, 0.25) is 0 Å². The van der Waals surface area contributed by atoms with Crippen LogP contribution in [0, 0.1) is 0 Å². The van der Waals surface area contributed by atoms with Gasteiger partial charge in [-0.2, -0.15) is 0 Å². The molecule has 0 fully saturated rings. The zero-order valence-corrected chi connectivity index (χ0v) is 12.6. The summed E-state index contributed by atoms with van der Waals surface area (Å²) in [4.78, 5) is 0. The fourth-order valence-electron chi connectivity index (χ4n) is 1.72. The van der Waals surface area contributed by atoms with Gasteiger partial charge in [0.1, 0.15) is 0 Å². The van der Waals surface area contributed by atoms with Crippen molar-refractivity contribution in [2.75, 3.05) is 14.2 Å². The summed E-state index contributed by atoms with van der Waals surface area (Å²) < 4.78 is 33.8. The third-order valence-corrected chi connectivity index (χ3v) is 7.03. The molecule has 2 aromatic rings. The van der Waals surface area contributed by atoms with Crippen molar-refractivity contribution in [1.29, 1.82) is 0 Å². The monoisotopic (exact) mass is 322 g/mol. The maximum atomic E-state index is 12.6. The predicted molar refractivity (Wildman–Crippen MR) is 73.9 cm³/mol. The topological polar surface area (TPSA) is 55.8 Å². The molecule has 0 unspecified atom stereocenters. The molecular weight excluding hydrogens is 307 g/mol. The normalized spacial score (nSPS) is 11.1. The third-order valence-electron chi connectivity index (χ3n) is 2.84. The van der Waals surface area contributed by atoms with E-state index in [2.05, 4.69) is 0 Å². The van der Waals surface area contributed by atoms with Crippen molar-refractivity contribution in [3.05, 3.63) is 48.5 Å². The number of benzene rings is 2. The van der Waals surface area contributed by atoms with E-state index < -0.39 is 13.8 Å². The molecule has 0 atom stereocenters. The molecule has 0 aliphatic heterocycles. The summed E-state index contributed by atoms with van der Waals surface area (Å²) in [6.45, 7) is 0. The van der Waals surface area contributed by atoms with Gasteiger partial charge >= 0.3 is 114 Å². The van der Waals surface area contributed by atoms with Crippen LogP contribution in [0.4, 0.5) is 0 Å². The van der Waals surface area contributed by atoms with E-state index in [1.165, 1.54) is 0 Å². The molecule has 0 spiro atoms. The molecule has 0 saturated carbocycles. The van der Waals surface area contributed by atoms with Gasteiger partial charge in [0.15, 0.2) is 0 Å². The number of rotatable bonds is 4. The molecule has 19 heavy (non-hydrogen) atoms. The first kappa shape index (κ1) is 13.8. The predicted octanol–water partition coefficient (Wildman–Crippen LogP) is 0.683. The van der Waals surface area contributed by atoms with Gasteiger partial charge in [0.05, 0.1) is 0 Å². The summed E-state index contributed by atoms with van der Waals surface area (Å²) in [5.41, 5.74) is 0. The van der Waals surface area contributed by atoms with Crippen LogP contribution in [0.1, 0.15) is 0 Å². The van der Waals surface area contributed by atoms with Crippen LogP contribution in [-0.4, -0.2) is 32.1 Å². The van der Waals surface area contributed by atoms with Crippen molar-refractivity contribution >= 4 is 22.5 Å². The summed E-state index contributed by atoms with van der Waals surface area (Å²) >= 11 is -4.27. The number of hydrogen-bond donors (Lipinski definition) is 1. The van der Waals surface area contributed by atoms with Crippen LogP contribution >= 0.6 is 0 Å². The Balaban J connectivity index is 2.36. The van der Waals surface area contributed by atoms with Crippen molar-refractivity contribution in [3.63, 3.8) is 0 Å². The average molecular weight is 322 g/mol. The molecule has 0 bridgehead atoms. The van der Waals surface area contributed by atoms with Crippen molar-refractivity contribution in [2.45, 2.75) is 0 Å². The second-order valence-electron chi connectivity index (χ2n) is 3.97. The van der Waals surface area contributed by atoms with E-state index in [4.69, 9.17) is 9.47 Å². The molecule has 100 valence electrons. The molecule has 2 rings (SSSR count). The zero-order chi connectivity index (χ0) is 13.9. The molecule has 0 aromatic heterocycles. The molecule has 0 aliphatic rings. The van der Waals surface area contributed by atoms with Crippen molar-refractivity contribution in [1.82, 2.24) is 0 Å². The average Bonchev–Trinajstić information content (AvgIpc) is 2.47. The molecule has 0 saturated heterocycles. The number of ether oxygens (including phenoxy) is 2. The summed E-state index contributed by atoms with van der Waals surface area (Å²) in [7, 11) is 3.12. The van der Waals surface area contributed by atoms with Gasteiger partial charge in [0.2, 0.25) is 0 Å². The van der Waals surface area contributed by atoms with Crippen molar-refractivity contribution in [3.8, 4) is 11.5 Å². The van der Waals surface area contributed by atoms with E-state index in [1.54, 1.807) is 62.8 Å². The van der Waals surface area contributed by atoms with Gasteiger partial charge in [0, 0.05) is 0 Å². The van der Waals surface area contributed by atoms with Gasteiger partial charge in [-0.15, -0.1) is 0 Å². The molecule has 5 heteroatoms. The SMILES string of the molecule is COc1ccc([As](=O)(O)c2ccc(OC)cc2)cc1. The van der Waals surface area contributed by atoms with E-state index in [0.717, 1.165) is 0 Å². The molecule has 4 nitrogen and oxygen atoms in total. The van der Waals surface area contributed by atoms with Crippen molar-refractivity contribution < 1.29 is 17.3 Å². The van der Waals surface area contributed by atoms with Crippen LogP contribution in [0.25, 0.3) is 0 Å². The van der Waals surface area contributed by atoms with Crippen LogP contribution < -0.4 is 18.2 Å². The van der Waals surface area contributed by atoms with Gasteiger partial charge < -0.3 is 0 Å². The summed E-state index contributed by atoms with van der Waals surface area (Å²) in [5.74, 6) is 1.32. The minimum atomic E-state index is -4.27.